The fraction of sp³-hybridized carbons (Fsp3) is 0.190. The van der Waals surface area contributed by atoms with Crippen molar-refractivity contribution in [1.82, 2.24) is 29.0 Å². The van der Waals surface area contributed by atoms with Crippen molar-refractivity contribution in [2.24, 2.45) is 0 Å². The van der Waals surface area contributed by atoms with Gasteiger partial charge in [0, 0.05) is 32.5 Å². The van der Waals surface area contributed by atoms with Gasteiger partial charge in [-0.15, -0.1) is 16.8 Å². The largest absolute Gasteiger partial charge is 0.341 e. The molecule has 152 valence electrons. The summed E-state index contributed by atoms with van der Waals surface area (Å²) in [6.45, 7) is 4.55. The monoisotopic (exact) mass is 420 g/mol. The molecule has 0 N–H and O–H groups in total. The van der Waals surface area contributed by atoms with Crippen LogP contribution in [0.2, 0.25) is 0 Å². The highest BCUT2D eigenvalue weighted by molar-refractivity contribution is 7.99. The standard InChI is InChI=1S/C21H20N6O2S/c1-3-12-26-19(29)16-6-4-5-7-17(16)27-20(26)23-24-21(27)30-14-18(28)25(2)13-15-8-10-22-11-9-15/h3-11H,1,12-14H2,2H3. The van der Waals surface area contributed by atoms with Crippen molar-refractivity contribution < 1.29 is 4.79 Å². The Labute approximate surface area is 176 Å². The van der Waals surface area contributed by atoms with E-state index in [-0.39, 0.29) is 17.2 Å². The van der Waals surface area contributed by atoms with E-state index in [1.807, 2.05) is 34.7 Å². The molecule has 0 aliphatic carbocycles. The molecule has 0 saturated carbocycles. The zero-order valence-electron chi connectivity index (χ0n) is 16.4. The Kier molecular flexibility index (Phi) is 5.62. The Morgan fingerprint density at radius 1 is 1.20 bits per heavy atom. The number of carbonyl (C=O) groups is 1. The number of fused-ring (bicyclic) bond motifs is 3. The van der Waals surface area contributed by atoms with Gasteiger partial charge in [-0.3, -0.25) is 23.5 Å². The van der Waals surface area contributed by atoms with Crippen LogP contribution in [0.25, 0.3) is 16.7 Å². The maximum Gasteiger partial charge on any atom is 0.263 e. The van der Waals surface area contributed by atoms with Crippen LogP contribution in [0.4, 0.5) is 0 Å². The summed E-state index contributed by atoms with van der Waals surface area (Å²) in [6.07, 6.45) is 5.06. The molecule has 0 atom stereocenters. The SMILES string of the molecule is C=CCn1c(=O)c2ccccc2n2c(SCC(=O)N(C)Cc3ccncc3)nnc12. The topological polar surface area (TPSA) is 85.4 Å². The molecule has 0 bridgehead atoms. The van der Waals surface area contributed by atoms with E-state index in [1.54, 1.807) is 36.5 Å². The molecule has 0 spiro atoms. The zero-order chi connectivity index (χ0) is 21.1. The number of pyridine rings is 1. The average molecular weight is 420 g/mol. The minimum atomic E-state index is -0.143. The lowest BCUT2D eigenvalue weighted by Crippen LogP contribution is -2.28. The molecule has 30 heavy (non-hydrogen) atoms. The van der Waals surface area contributed by atoms with Gasteiger partial charge in [0.15, 0.2) is 5.16 Å². The van der Waals surface area contributed by atoms with E-state index in [2.05, 4.69) is 21.8 Å². The fourth-order valence-electron chi connectivity index (χ4n) is 3.21. The lowest BCUT2D eigenvalue weighted by atomic mass is 10.2. The van der Waals surface area contributed by atoms with E-state index in [1.165, 1.54) is 16.3 Å². The first-order chi connectivity index (χ1) is 14.6. The van der Waals surface area contributed by atoms with Crippen LogP contribution < -0.4 is 5.56 Å². The third-order valence-electron chi connectivity index (χ3n) is 4.71. The van der Waals surface area contributed by atoms with Crippen LogP contribution in [0.15, 0.2) is 71.4 Å². The molecule has 4 rings (SSSR count). The highest BCUT2D eigenvalue weighted by atomic mass is 32.2. The molecule has 4 aromatic rings. The van der Waals surface area contributed by atoms with Gasteiger partial charge >= 0.3 is 0 Å². The van der Waals surface area contributed by atoms with Crippen molar-refractivity contribution >= 4 is 34.3 Å². The van der Waals surface area contributed by atoms with Crippen molar-refractivity contribution in [2.45, 2.75) is 18.2 Å². The van der Waals surface area contributed by atoms with Crippen molar-refractivity contribution in [3.63, 3.8) is 0 Å². The van der Waals surface area contributed by atoms with Gasteiger partial charge in [-0.1, -0.05) is 30.0 Å². The lowest BCUT2D eigenvalue weighted by molar-refractivity contribution is -0.127. The second-order valence-corrected chi connectivity index (χ2v) is 7.68. The number of hydrogen-bond donors (Lipinski definition) is 0. The summed E-state index contributed by atoms with van der Waals surface area (Å²) in [4.78, 5) is 31.1. The number of rotatable bonds is 7. The Hall–Kier alpha value is -3.46. The Morgan fingerprint density at radius 3 is 2.73 bits per heavy atom. The molecule has 8 nitrogen and oxygen atoms in total. The summed E-state index contributed by atoms with van der Waals surface area (Å²) in [5, 5.41) is 9.59. The Bertz CT molecular complexity index is 1280. The van der Waals surface area contributed by atoms with E-state index in [4.69, 9.17) is 0 Å². The van der Waals surface area contributed by atoms with Gasteiger partial charge in [0.25, 0.3) is 5.56 Å². The first kappa shape index (κ1) is 19.8. The van der Waals surface area contributed by atoms with Gasteiger partial charge in [-0.25, -0.2) is 0 Å². The average Bonchev–Trinajstić information content (AvgIpc) is 3.19. The van der Waals surface area contributed by atoms with Crippen molar-refractivity contribution in [3.05, 3.63) is 77.4 Å². The summed E-state index contributed by atoms with van der Waals surface area (Å²) in [7, 11) is 1.77. The van der Waals surface area contributed by atoms with Crippen LogP contribution in [0.3, 0.4) is 0 Å². The van der Waals surface area contributed by atoms with Crippen LogP contribution >= 0.6 is 11.8 Å². The number of hydrogen-bond acceptors (Lipinski definition) is 6. The van der Waals surface area contributed by atoms with Gasteiger partial charge in [0.05, 0.1) is 16.7 Å². The number of para-hydroxylation sites is 1. The molecule has 0 aliphatic rings. The molecule has 0 fully saturated rings. The molecule has 0 aliphatic heterocycles. The molecule has 0 saturated heterocycles. The van der Waals surface area contributed by atoms with Gasteiger partial charge in [-0.2, -0.15) is 0 Å². The van der Waals surface area contributed by atoms with E-state index in [0.717, 1.165) is 5.56 Å². The smallest absolute Gasteiger partial charge is 0.263 e. The summed E-state index contributed by atoms with van der Waals surface area (Å²) in [6, 6.07) is 11.1. The van der Waals surface area contributed by atoms with Gasteiger partial charge in [0.2, 0.25) is 11.7 Å². The van der Waals surface area contributed by atoms with E-state index >= 15 is 0 Å². The van der Waals surface area contributed by atoms with Crippen LogP contribution in [0, 0.1) is 0 Å². The highest BCUT2D eigenvalue weighted by Crippen LogP contribution is 2.22. The highest BCUT2D eigenvalue weighted by Gasteiger charge is 2.18. The predicted octanol–water partition coefficient (Wildman–Crippen LogP) is 2.38. The first-order valence-corrected chi connectivity index (χ1v) is 10.3. The predicted molar refractivity (Wildman–Crippen MR) is 116 cm³/mol. The second-order valence-electron chi connectivity index (χ2n) is 6.73. The van der Waals surface area contributed by atoms with Crippen LogP contribution in [0.5, 0.6) is 0 Å². The minimum Gasteiger partial charge on any atom is -0.341 e. The van der Waals surface area contributed by atoms with Crippen molar-refractivity contribution in [1.29, 1.82) is 0 Å². The summed E-state index contributed by atoms with van der Waals surface area (Å²) in [5.41, 5.74) is 1.58. The maximum atomic E-state index is 12.8. The lowest BCUT2D eigenvalue weighted by Gasteiger charge is -2.16. The molecular weight excluding hydrogens is 400 g/mol. The van der Waals surface area contributed by atoms with E-state index in [9.17, 15) is 9.59 Å². The molecule has 1 aromatic carbocycles. The third kappa shape index (κ3) is 3.71. The molecule has 9 heteroatoms. The number of nitrogens with zero attached hydrogens (tertiary/aromatic N) is 6. The molecule has 0 unspecified atom stereocenters. The van der Waals surface area contributed by atoms with Crippen molar-refractivity contribution in [3.8, 4) is 0 Å². The van der Waals surface area contributed by atoms with E-state index in [0.29, 0.717) is 34.9 Å². The van der Waals surface area contributed by atoms with E-state index < -0.39 is 0 Å². The minimum absolute atomic E-state index is 0.0303. The van der Waals surface area contributed by atoms with Gasteiger partial charge < -0.3 is 4.90 Å². The normalized spacial score (nSPS) is 11.1. The fourth-order valence-corrected chi connectivity index (χ4v) is 4.09. The second kappa shape index (κ2) is 8.50. The van der Waals surface area contributed by atoms with Crippen LogP contribution in [-0.2, 0) is 17.9 Å². The van der Waals surface area contributed by atoms with Crippen LogP contribution in [-0.4, -0.2) is 47.8 Å². The Balaban J connectivity index is 1.63. The van der Waals surface area contributed by atoms with Gasteiger partial charge in [-0.05, 0) is 29.8 Å². The quantitative estimate of drug-likeness (QED) is 0.337. The number of aromatic nitrogens is 5. The number of amides is 1. The number of benzene rings is 1. The molecule has 0 radical (unpaired) electrons. The van der Waals surface area contributed by atoms with Crippen LogP contribution in [0.1, 0.15) is 5.56 Å². The third-order valence-corrected chi connectivity index (χ3v) is 5.62. The molecule has 3 aromatic heterocycles. The summed E-state index contributed by atoms with van der Waals surface area (Å²) >= 11 is 1.30. The van der Waals surface area contributed by atoms with Gasteiger partial charge in [0.1, 0.15) is 0 Å². The number of thioether (sulfide) groups is 1. The maximum absolute atomic E-state index is 12.8. The number of allylic oxidation sites excluding steroid dienone is 1. The van der Waals surface area contributed by atoms with Crippen molar-refractivity contribution in [2.75, 3.05) is 12.8 Å². The Morgan fingerprint density at radius 2 is 1.97 bits per heavy atom. The molecular formula is C21H20N6O2S. The molecule has 1 amide bonds. The first-order valence-electron chi connectivity index (χ1n) is 9.33. The molecule has 3 heterocycles. The number of carbonyl (C=O) groups excluding carboxylic acids is 1. The summed E-state index contributed by atoms with van der Waals surface area (Å²) < 4.78 is 3.35. The summed E-state index contributed by atoms with van der Waals surface area (Å²) in [5.74, 6) is 0.605. The zero-order valence-corrected chi connectivity index (χ0v) is 17.2.